The van der Waals surface area contributed by atoms with E-state index in [0.717, 1.165) is 11.1 Å². The highest BCUT2D eigenvalue weighted by molar-refractivity contribution is 5.87. The van der Waals surface area contributed by atoms with Crippen LogP contribution in [0.1, 0.15) is 33.3 Å². The molecule has 3 rings (SSSR count). The van der Waals surface area contributed by atoms with Crippen LogP contribution in [-0.2, 0) is 30.3 Å². The molecule has 0 aromatic heterocycles. The van der Waals surface area contributed by atoms with Gasteiger partial charge in [0.2, 0.25) is 0 Å². The molecule has 0 fully saturated rings. The molecule has 6 nitrogen and oxygen atoms in total. The normalized spacial score (nSPS) is 10.8. The molecular formula is C34H35FO6. The van der Waals surface area contributed by atoms with Crippen molar-refractivity contribution in [3.8, 4) is 28.0 Å². The van der Waals surface area contributed by atoms with E-state index in [1.165, 1.54) is 6.07 Å². The molecule has 3 aromatic carbocycles. The molecule has 3 aromatic rings. The average molecular weight is 559 g/mol. The molecule has 0 N–H and O–H groups in total. The van der Waals surface area contributed by atoms with E-state index in [0.29, 0.717) is 28.9 Å². The fourth-order valence-corrected chi connectivity index (χ4v) is 3.83. The summed E-state index contributed by atoms with van der Waals surface area (Å²) in [5.41, 5.74) is 4.15. The van der Waals surface area contributed by atoms with Crippen molar-refractivity contribution in [2.75, 3.05) is 13.2 Å². The van der Waals surface area contributed by atoms with Gasteiger partial charge in [-0.3, -0.25) is 4.79 Å². The largest absolute Gasteiger partial charge is 0.462 e. The van der Waals surface area contributed by atoms with Crippen LogP contribution < -0.4 is 4.74 Å². The zero-order valence-electron chi connectivity index (χ0n) is 23.9. The first-order valence-electron chi connectivity index (χ1n) is 13.3. The predicted molar refractivity (Wildman–Crippen MR) is 156 cm³/mol. The third-order valence-electron chi connectivity index (χ3n) is 6.23. The Morgan fingerprint density at radius 1 is 0.756 bits per heavy atom. The van der Waals surface area contributed by atoms with Crippen LogP contribution in [0.4, 0.5) is 4.39 Å². The second kappa shape index (κ2) is 14.2. The second-order valence-corrected chi connectivity index (χ2v) is 10.3. The number of hydrogen-bond acceptors (Lipinski definition) is 6. The summed E-state index contributed by atoms with van der Waals surface area (Å²) in [4.78, 5) is 35.5. The third kappa shape index (κ3) is 9.00. The Bertz CT molecular complexity index is 1390. The van der Waals surface area contributed by atoms with E-state index in [4.69, 9.17) is 14.2 Å². The Morgan fingerprint density at radius 3 is 1.76 bits per heavy atom. The van der Waals surface area contributed by atoms with Crippen LogP contribution in [0.25, 0.3) is 22.3 Å². The van der Waals surface area contributed by atoms with Gasteiger partial charge in [-0.1, -0.05) is 75.5 Å². The van der Waals surface area contributed by atoms with Crippen molar-refractivity contribution in [1.82, 2.24) is 0 Å². The van der Waals surface area contributed by atoms with Crippen LogP contribution in [0.2, 0.25) is 0 Å². The summed E-state index contributed by atoms with van der Waals surface area (Å²) >= 11 is 0. The van der Waals surface area contributed by atoms with Crippen LogP contribution in [0.5, 0.6) is 5.75 Å². The van der Waals surface area contributed by atoms with Crippen molar-refractivity contribution in [1.29, 1.82) is 0 Å². The van der Waals surface area contributed by atoms with Crippen molar-refractivity contribution in [2.45, 2.75) is 34.1 Å². The molecule has 0 aliphatic rings. The van der Waals surface area contributed by atoms with Gasteiger partial charge in [-0.05, 0) is 60.7 Å². The van der Waals surface area contributed by atoms with Gasteiger partial charge in [0.15, 0.2) is 0 Å². The van der Waals surface area contributed by atoms with E-state index in [1.807, 2.05) is 30.3 Å². The van der Waals surface area contributed by atoms with Gasteiger partial charge in [0.05, 0.1) is 19.1 Å². The zero-order valence-corrected chi connectivity index (χ0v) is 23.9. The van der Waals surface area contributed by atoms with Gasteiger partial charge in [-0.2, -0.15) is 0 Å². The highest BCUT2D eigenvalue weighted by Gasteiger charge is 2.17. The number of carbonyl (C=O) groups is 3. The molecule has 0 spiro atoms. The maximum absolute atomic E-state index is 15.1. The molecule has 214 valence electrons. The smallest absolute Gasteiger partial charge is 0.333 e. The zero-order chi connectivity index (χ0) is 30.1. The van der Waals surface area contributed by atoms with Crippen LogP contribution in [0, 0.1) is 17.7 Å². The summed E-state index contributed by atoms with van der Waals surface area (Å²) in [6.45, 7) is 13.9. The molecule has 0 amide bonds. The van der Waals surface area contributed by atoms with Crippen molar-refractivity contribution in [2.24, 2.45) is 11.8 Å². The predicted octanol–water partition coefficient (Wildman–Crippen LogP) is 7.12. The fourth-order valence-electron chi connectivity index (χ4n) is 3.83. The quantitative estimate of drug-likeness (QED) is 0.134. The Kier molecular flexibility index (Phi) is 10.8. The minimum Gasteiger partial charge on any atom is -0.462 e. The van der Waals surface area contributed by atoms with Gasteiger partial charge in [0, 0.05) is 22.6 Å². The van der Waals surface area contributed by atoms with E-state index >= 15 is 4.39 Å². The molecular weight excluding hydrogens is 523 g/mol. The van der Waals surface area contributed by atoms with E-state index < -0.39 is 11.9 Å². The number of ether oxygens (including phenoxy) is 3. The monoisotopic (exact) mass is 558 g/mol. The maximum Gasteiger partial charge on any atom is 0.333 e. The summed E-state index contributed by atoms with van der Waals surface area (Å²) in [5.74, 6) is -1.82. The third-order valence-corrected chi connectivity index (χ3v) is 6.23. The maximum atomic E-state index is 15.1. The van der Waals surface area contributed by atoms with Crippen LogP contribution in [0.3, 0.4) is 0 Å². The Labute approximate surface area is 240 Å². The van der Waals surface area contributed by atoms with Crippen molar-refractivity contribution in [3.63, 3.8) is 0 Å². The molecule has 0 saturated heterocycles. The first-order chi connectivity index (χ1) is 19.4. The van der Waals surface area contributed by atoms with Crippen molar-refractivity contribution < 1.29 is 33.0 Å². The van der Waals surface area contributed by atoms with Crippen molar-refractivity contribution >= 4 is 17.9 Å². The number of esters is 3. The highest BCUT2D eigenvalue weighted by atomic mass is 19.1. The van der Waals surface area contributed by atoms with E-state index in [-0.39, 0.29) is 48.0 Å². The SMILES string of the molecule is C=C(C)C(=O)OCC(COC(=O)C(=C)C)Cc1ccc(-c2ccc(-c3ccc(OC(=O)C(C)C)cc3)c(F)c2)cc1. The molecule has 0 saturated carbocycles. The number of hydrogen-bond donors (Lipinski definition) is 0. The number of benzene rings is 3. The van der Waals surface area contributed by atoms with Gasteiger partial charge < -0.3 is 14.2 Å². The molecule has 0 heterocycles. The minimum absolute atomic E-state index is 0.0602. The standard InChI is InChI=1S/C34H35FO6/c1-21(2)32(36)39-19-25(20-40-33(37)22(3)4)17-24-7-9-26(10-8-24)28-13-16-30(31(35)18-28)27-11-14-29(15-12-27)41-34(38)23(5)6/h7-16,18,23,25H,1,3,17,19-20H2,2,4-6H3. The Balaban J connectivity index is 1.70. The first-order valence-corrected chi connectivity index (χ1v) is 13.3. The molecule has 0 aliphatic heterocycles. The molecule has 41 heavy (non-hydrogen) atoms. The van der Waals surface area contributed by atoms with Gasteiger partial charge in [0.25, 0.3) is 0 Å². The first kappa shape index (κ1) is 31.0. The Hall–Kier alpha value is -4.52. The van der Waals surface area contributed by atoms with E-state index in [1.54, 1.807) is 58.0 Å². The lowest BCUT2D eigenvalue weighted by Gasteiger charge is -2.18. The van der Waals surface area contributed by atoms with Crippen molar-refractivity contribution in [3.05, 3.63) is 102 Å². The lowest BCUT2D eigenvalue weighted by Crippen LogP contribution is -2.23. The van der Waals surface area contributed by atoms with Crippen LogP contribution in [-0.4, -0.2) is 31.1 Å². The number of carbonyl (C=O) groups excluding carboxylic acids is 3. The second-order valence-electron chi connectivity index (χ2n) is 10.3. The average Bonchev–Trinajstić information content (AvgIpc) is 2.94. The van der Waals surface area contributed by atoms with Gasteiger partial charge >= 0.3 is 17.9 Å². The molecule has 0 atom stereocenters. The molecule has 0 bridgehead atoms. The summed E-state index contributed by atoms with van der Waals surface area (Å²) in [6, 6.07) is 19.4. The molecule has 0 aliphatic carbocycles. The van der Waals surface area contributed by atoms with Gasteiger partial charge in [-0.25, -0.2) is 14.0 Å². The minimum atomic E-state index is -0.507. The van der Waals surface area contributed by atoms with Gasteiger partial charge in [-0.15, -0.1) is 0 Å². The molecule has 0 unspecified atom stereocenters. The van der Waals surface area contributed by atoms with Gasteiger partial charge in [0.1, 0.15) is 11.6 Å². The topological polar surface area (TPSA) is 78.9 Å². The summed E-state index contributed by atoms with van der Waals surface area (Å²) in [6.07, 6.45) is 0.489. The lowest BCUT2D eigenvalue weighted by atomic mass is 9.96. The molecule has 7 heteroatoms. The fraction of sp³-hybridized carbons (Fsp3) is 0.265. The lowest BCUT2D eigenvalue weighted by molar-refractivity contribution is -0.144. The van der Waals surface area contributed by atoms with Crippen LogP contribution in [0.15, 0.2) is 91.0 Å². The highest BCUT2D eigenvalue weighted by Crippen LogP contribution is 2.30. The number of rotatable bonds is 12. The summed E-state index contributed by atoms with van der Waals surface area (Å²) in [7, 11) is 0. The summed E-state index contributed by atoms with van der Waals surface area (Å²) < 4.78 is 31.0. The number of halogens is 1. The van der Waals surface area contributed by atoms with E-state index in [2.05, 4.69) is 13.2 Å². The summed E-state index contributed by atoms with van der Waals surface area (Å²) in [5, 5.41) is 0. The van der Waals surface area contributed by atoms with E-state index in [9.17, 15) is 14.4 Å². The van der Waals surface area contributed by atoms with Crippen LogP contribution >= 0.6 is 0 Å². The molecule has 0 radical (unpaired) electrons. The Morgan fingerprint density at radius 2 is 1.27 bits per heavy atom.